The Kier molecular flexibility index (Phi) is 6.07. The normalized spacial score (nSPS) is 14.7. The summed E-state index contributed by atoms with van der Waals surface area (Å²) in [5.74, 6) is 2.51. The zero-order valence-corrected chi connectivity index (χ0v) is 17.4. The monoisotopic (exact) mass is 406 g/mol. The van der Waals surface area contributed by atoms with Crippen LogP contribution in [-0.4, -0.2) is 46.1 Å². The van der Waals surface area contributed by atoms with Crippen LogP contribution in [0.15, 0.2) is 47.2 Å². The number of rotatable bonds is 6. The van der Waals surface area contributed by atoms with E-state index in [-0.39, 0.29) is 11.8 Å². The van der Waals surface area contributed by atoms with E-state index in [0.717, 1.165) is 60.6 Å². The summed E-state index contributed by atoms with van der Waals surface area (Å²) >= 11 is 0. The van der Waals surface area contributed by atoms with Crippen LogP contribution < -0.4 is 4.74 Å². The number of aromatic nitrogens is 3. The molecule has 7 nitrogen and oxygen atoms in total. The Hall–Kier alpha value is -3.22. The highest BCUT2D eigenvalue weighted by Crippen LogP contribution is 2.28. The number of amides is 1. The number of pyridine rings is 1. The van der Waals surface area contributed by atoms with Crippen LogP contribution in [0.4, 0.5) is 0 Å². The van der Waals surface area contributed by atoms with E-state index >= 15 is 0 Å². The number of carbonyl (C=O) groups excluding carboxylic acids is 1. The van der Waals surface area contributed by atoms with E-state index in [9.17, 15) is 4.79 Å². The largest absolute Gasteiger partial charge is 0.496 e. The van der Waals surface area contributed by atoms with Crippen LogP contribution in [0.1, 0.15) is 42.1 Å². The minimum atomic E-state index is 0.193. The van der Waals surface area contributed by atoms with Gasteiger partial charge >= 0.3 is 0 Å². The molecule has 0 aliphatic carbocycles. The SMILES string of the molecule is COc1cc(CCC(=O)N2CCC(c3noc(-c4ccncc4)n3)CC2)ccc1C. The third-order valence-corrected chi connectivity index (χ3v) is 5.68. The van der Waals surface area contributed by atoms with Crippen molar-refractivity contribution in [3.8, 4) is 17.2 Å². The molecular formula is C23H26N4O3. The standard InChI is InChI=1S/C23H26N4O3/c1-16-3-4-17(15-20(16)29-2)5-6-21(28)27-13-9-18(10-14-27)22-25-23(30-26-22)19-7-11-24-12-8-19/h3-4,7-8,11-12,15,18H,5-6,9-10,13-14H2,1-2H3. The fraction of sp³-hybridized carbons (Fsp3) is 0.391. The highest BCUT2D eigenvalue weighted by molar-refractivity contribution is 5.76. The fourth-order valence-electron chi connectivity index (χ4n) is 3.83. The first-order valence-corrected chi connectivity index (χ1v) is 10.3. The highest BCUT2D eigenvalue weighted by atomic mass is 16.5. The quantitative estimate of drug-likeness (QED) is 0.620. The van der Waals surface area contributed by atoms with E-state index in [1.807, 2.05) is 36.1 Å². The molecule has 0 unspecified atom stereocenters. The molecule has 0 N–H and O–H groups in total. The summed E-state index contributed by atoms with van der Waals surface area (Å²) in [6.07, 6.45) is 6.33. The van der Waals surface area contributed by atoms with Crippen molar-refractivity contribution < 1.29 is 14.1 Å². The van der Waals surface area contributed by atoms with Crippen molar-refractivity contribution in [2.45, 2.75) is 38.5 Å². The van der Waals surface area contributed by atoms with Gasteiger partial charge in [-0.1, -0.05) is 17.3 Å². The van der Waals surface area contributed by atoms with Gasteiger partial charge in [0.15, 0.2) is 5.82 Å². The van der Waals surface area contributed by atoms with Crippen molar-refractivity contribution in [1.29, 1.82) is 0 Å². The Morgan fingerprint density at radius 1 is 1.20 bits per heavy atom. The van der Waals surface area contributed by atoms with Crippen molar-refractivity contribution in [2.75, 3.05) is 20.2 Å². The molecule has 3 heterocycles. The number of ether oxygens (including phenoxy) is 1. The number of benzene rings is 1. The second-order valence-corrected chi connectivity index (χ2v) is 7.65. The van der Waals surface area contributed by atoms with E-state index in [2.05, 4.69) is 21.2 Å². The van der Waals surface area contributed by atoms with Crippen molar-refractivity contribution in [3.63, 3.8) is 0 Å². The van der Waals surface area contributed by atoms with Gasteiger partial charge < -0.3 is 14.2 Å². The molecule has 1 amide bonds. The highest BCUT2D eigenvalue weighted by Gasteiger charge is 2.27. The second-order valence-electron chi connectivity index (χ2n) is 7.65. The summed E-state index contributed by atoms with van der Waals surface area (Å²) in [4.78, 5) is 23.2. The average Bonchev–Trinajstić information content (AvgIpc) is 3.29. The van der Waals surface area contributed by atoms with Gasteiger partial charge in [0.2, 0.25) is 5.91 Å². The maximum atomic E-state index is 12.7. The average molecular weight is 406 g/mol. The lowest BCUT2D eigenvalue weighted by molar-refractivity contribution is -0.132. The van der Waals surface area contributed by atoms with Crippen LogP contribution in [0.25, 0.3) is 11.5 Å². The number of hydrogen-bond donors (Lipinski definition) is 0. The van der Waals surface area contributed by atoms with Crippen LogP contribution in [0, 0.1) is 6.92 Å². The molecule has 3 aromatic rings. The molecule has 0 atom stereocenters. The van der Waals surface area contributed by atoms with Crippen LogP contribution >= 0.6 is 0 Å². The molecule has 0 spiro atoms. The van der Waals surface area contributed by atoms with E-state index in [1.165, 1.54) is 0 Å². The minimum Gasteiger partial charge on any atom is -0.496 e. The molecule has 4 rings (SSSR count). The van der Waals surface area contributed by atoms with Crippen molar-refractivity contribution in [1.82, 2.24) is 20.0 Å². The number of piperidine rings is 1. The maximum absolute atomic E-state index is 12.7. The van der Waals surface area contributed by atoms with Crippen LogP contribution in [0.3, 0.4) is 0 Å². The van der Waals surface area contributed by atoms with Crippen LogP contribution in [0.2, 0.25) is 0 Å². The topological polar surface area (TPSA) is 81.4 Å². The van der Waals surface area contributed by atoms with Gasteiger partial charge in [-0.05, 0) is 55.5 Å². The Labute approximate surface area is 176 Å². The Bertz CT molecular complexity index is 995. The molecule has 0 saturated carbocycles. The first kappa shape index (κ1) is 20.1. The van der Waals surface area contributed by atoms with Gasteiger partial charge in [0.25, 0.3) is 5.89 Å². The first-order valence-electron chi connectivity index (χ1n) is 10.3. The van der Waals surface area contributed by atoms with Crippen LogP contribution in [-0.2, 0) is 11.2 Å². The summed E-state index contributed by atoms with van der Waals surface area (Å²) < 4.78 is 10.8. The number of hydrogen-bond acceptors (Lipinski definition) is 6. The summed E-state index contributed by atoms with van der Waals surface area (Å²) in [6, 6.07) is 9.82. The van der Waals surface area contributed by atoms with Crippen molar-refractivity contribution in [3.05, 3.63) is 59.7 Å². The maximum Gasteiger partial charge on any atom is 0.258 e. The molecule has 2 aromatic heterocycles. The zero-order valence-electron chi connectivity index (χ0n) is 17.4. The predicted octanol–water partition coefficient (Wildman–Crippen LogP) is 3.79. The molecule has 1 aromatic carbocycles. The molecule has 7 heteroatoms. The number of methoxy groups -OCH3 is 1. The molecule has 30 heavy (non-hydrogen) atoms. The van der Waals surface area contributed by atoms with Gasteiger partial charge in [0, 0.05) is 43.4 Å². The Morgan fingerprint density at radius 3 is 2.70 bits per heavy atom. The summed E-state index contributed by atoms with van der Waals surface area (Å²) in [5, 5.41) is 4.16. The number of aryl methyl sites for hydroxylation is 2. The van der Waals surface area contributed by atoms with Crippen molar-refractivity contribution in [2.24, 2.45) is 0 Å². The summed E-state index contributed by atoms with van der Waals surface area (Å²) in [7, 11) is 1.67. The third-order valence-electron chi connectivity index (χ3n) is 5.68. The Balaban J connectivity index is 1.29. The van der Waals surface area contributed by atoms with E-state index < -0.39 is 0 Å². The van der Waals surface area contributed by atoms with Gasteiger partial charge in [-0.15, -0.1) is 0 Å². The van der Waals surface area contributed by atoms with E-state index in [0.29, 0.717) is 12.3 Å². The summed E-state index contributed by atoms with van der Waals surface area (Å²) in [5.41, 5.74) is 3.09. The summed E-state index contributed by atoms with van der Waals surface area (Å²) in [6.45, 7) is 3.46. The predicted molar refractivity (Wildman–Crippen MR) is 112 cm³/mol. The smallest absolute Gasteiger partial charge is 0.258 e. The molecule has 0 bridgehead atoms. The fourth-order valence-corrected chi connectivity index (χ4v) is 3.83. The van der Waals surface area contributed by atoms with Gasteiger partial charge in [-0.2, -0.15) is 4.98 Å². The lowest BCUT2D eigenvalue weighted by Gasteiger charge is -2.30. The van der Waals surface area contributed by atoms with Gasteiger partial charge in [0.05, 0.1) is 7.11 Å². The van der Waals surface area contributed by atoms with Gasteiger partial charge in [-0.3, -0.25) is 9.78 Å². The molecule has 1 saturated heterocycles. The number of carbonyl (C=O) groups is 1. The van der Waals surface area contributed by atoms with Gasteiger partial charge in [-0.25, -0.2) is 0 Å². The molecule has 1 aliphatic rings. The third kappa shape index (κ3) is 4.50. The lowest BCUT2D eigenvalue weighted by Crippen LogP contribution is -2.38. The molecule has 1 fully saturated rings. The van der Waals surface area contributed by atoms with Gasteiger partial charge in [0.1, 0.15) is 5.75 Å². The zero-order chi connectivity index (χ0) is 20.9. The first-order chi connectivity index (χ1) is 14.6. The second kappa shape index (κ2) is 9.07. The molecular weight excluding hydrogens is 380 g/mol. The number of nitrogens with zero attached hydrogens (tertiary/aromatic N) is 4. The number of likely N-dealkylation sites (tertiary alicyclic amines) is 1. The van der Waals surface area contributed by atoms with E-state index in [4.69, 9.17) is 9.26 Å². The molecule has 1 aliphatic heterocycles. The van der Waals surface area contributed by atoms with Crippen LogP contribution in [0.5, 0.6) is 5.75 Å². The lowest BCUT2D eigenvalue weighted by atomic mass is 9.95. The minimum absolute atomic E-state index is 0.193. The molecule has 156 valence electrons. The van der Waals surface area contributed by atoms with E-state index in [1.54, 1.807) is 19.5 Å². The Morgan fingerprint density at radius 2 is 1.97 bits per heavy atom. The van der Waals surface area contributed by atoms with Crippen molar-refractivity contribution >= 4 is 5.91 Å². The molecule has 0 radical (unpaired) electrons.